The topological polar surface area (TPSA) is 63.6 Å². The van der Waals surface area contributed by atoms with Gasteiger partial charge in [-0.15, -0.1) is 0 Å². The molecule has 0 aromatic heterocycles. The van der Waals surface area contributed by atoms with E-state index in [0.29, 0.717) is 0 Å². The van der Waals surface area contributed by atoms with Crippen LogP contribution in [0.2, 0.25) is 0 Å². The summed E-state index contributed by atoms with van der Waals surface area (Å²) < 4.78 is 107. The quantitative estimate of drug-likeness (QED) is 0.382. The average molecular weight is 424 g/mol. The molecule has 1 N–H and O–H groups in total. The number of hydrogen-bond donors (Lipinski definition) is 1. The highest BCUT2D eigenvalue weighted by Gasteiger charge is 2.34. The molecule has 0 bridgehead atoms. The zero-order valence-corrected chi connectivity index (χ0v) is 16.1. The minimum absolute atomic E-state index is 0.183. The third-order valence-corrected chi connectivity index (χ3v) is 4.87. The smallest absolute Gasteiger partial charge is 0.300 e. The predicted octanol–water partition coefficient (Wildman–Crippen LogP) is 5.67. The highest BCUT2D eigenvalue weighted by atomic mass is 32.2. The molecule has 4 nitrogen and oxygen atoms in total. The number of ether oxygens (including phenoxy) is 1. The lowest BCUT2D eigenvalue weighted by molar-refractivity contribution is 0.342. The van der Waals surface area contributed by atoms with Crippen molar-refractivity contribution in [3.8, 4) is 11.5 Å². The first-order valence-electron chi connectivity index (χ1n) is 8.11. The third-order valence-electron chi connectivity index (χ3n) is 4.00. The van der Waals surface area contributed by atoms with E-state index in [0.717, 1.165) is 12.1 Å². The minimum atomic E-state index is -5.58. The van der Waals surface area contributed by atoms with Gasteiger partial charge in [-0.3, -0.25) is 4.55 Å². The molecule has 0 heterocycles. The Morgan fingerprint density at radius 2 is 1.18 bits per heavy atom. The van der Waals surface area contributed by atoms with Crippen molar-refractivity contribution < 1.29 is 39.7 Å². The molecule has 2 aromatic carbocycles. The Kier molecular flexibility index (Phi) is 6.05. The summed E-state index contributed by atoms with van der Waals surface area (Å²) in [5.74, 6) is -12.1. The second kappa shape index (κ2) is 7.67. The van der Waals surface area contributed by atoms with Gasteiger partial charge in [0.05, 0.1) is 0 Å². The van der Waals surface area contributed by atoms with Gasteiger partial charge in [0.2, 0.25) is 17.4 Å². The van der Waals surface area contributed by atoms with E-state index >= 15 is 0 Å². The Morgan fingerprint density at radius 1 is 0.786 bits per heavy atom. The summed E-state index contributed by atoms with van der Waals surface area (Å²) in [6.07, 6.45) is 0. The highest BCUT2D eigenvalue weighted by Crippen LogP contribution is 2.41. The number of hydrogen-bond acceptors (Lipinski definition) is 3. The van der Waals surface area contributed by atoms with Gasteiger partial charge in [0, 0.05) is 11.1 Å². The van der Waals surface area contributed by atoms with E-state index in [-0.39, 0.29) is 28.7 Å². The molecule has 10 heteroatoms. The number of rotatable bonds is 5. The minimum Gasteiger partial charge on any atom is -0.450 e. The molecule has 0 amide bonds. The van der Waals surface area contributed by atoms with Crippen LogP contribution in [0.5, 0.6) is 11.5 Å². The van der Waals surface area contributed by atoms with Gasteiger partial charge < -0.3 is 4.74 Å². The summed E-state index contributed by atoms with van der Waals surface area (Å²) in [4.78, 5) is -2.16. The van der Waals surface area contributed by atoms with Crippen molar-refractivity contribution in [3.63, 3.8) is 0 Å². The Bertz CT molecular complexity index is 975. The summed E-state index contributed by atoms with van der Waals surface area (Å²) in [5.41, 5.74) is 0.365. The van der Waals surface area contributed by atoms with Crippen molar-refractivity contribution in [1.82, 2.24) is 0 Å². The van der Waals surface area contributed by atoms with Crippen LogP contribution in [-0.2, 0) is 10.1 Å². The molecule has 28 heavy (non-hydrogen) atoms. The van der Waals surface area contributed by atoms with E-state index in [1.165, 1.54) is 0 Å². The van der Waals surface area contributed by atoms with Crippen LogP contribution < -0.4 is 4.74 Å². The molecule has 2 rings (SSSR count). The van der Waals surface area contributed by atoms with Crippen LogP contribution >= 0.6 is 0 Å². The Morgan fingerprint density at radius 3 is 1.50 bits per heavy atom. The maximum Gasteiger partial charge on any atom is 0.300 e. The lowest BCUT2D eigenvalue weighted by Crippen LogP contribution is -2.12. The van der Waals surface area contributed by atoms with Crippen molar-refractivity contribution in [3.05, 3.63) is 52.3 Å². The molecule has 0 saturated heterocycles. The van der Waals surface area contributed by atoms with Gasteiger partial charge in [-0.2, -0.15) is 17.2 Å². The molecule has 0 aliphatic heterocycles. The van der Waals surface area contributed by atoms with Crippen LogP contribution in [0.4, 0.5) is 22.0 Å². The summed E-state index contributed by atoms with van der Waals surface area (Å²) in [6, 6.07) is 2.11. The lowest BCUT2D eigenvalue weighted by atomic mass is 9.93. The van der Waals surface area contributed by atoms with E-state index in [4.69, 9.17) is 9.29 Å². The Balaban J connectivity index is 2.81. The first-order valence-corrected chi connectivity index (χ1v) is 9.55. The van der Waals surface area contributed by atoms with Gasteiger partial charge in [0.1, 0.15) is 11.6 Å². The number of benzene rings is 2. The molecule has 0 atom stereocenters. The van der Waals surface area contributed by atoms with Gasteiger partial charge in [0.15, 0.2) is 16.5 Å². The van der Waals surface area contributed by atoms with Gasteiger partial charge in [-0.05, 0) is 24.0 Å². The standard InChI is InChI=1S/C18H17F5O4S/c1-7(2)10-5-9(19)6-11(8(3)4)16(10)27-17-12(20)14(22)18(28(24,25)26)15(23)13(17)21/h5-8H,1-4H3,(H,24,25,26). The first-order chi connectivity index (χ1) is 12.8. The number of halogens is 5. The van der Waals surface area contributed by atoms with E-state index in [9.17, 15) is 30.4 Å². The predicted molar refractivity (Wildman–Crippen MR) is 90.7 cm³/mol. The van der Waals surface area contributed by atoms with Crippen molar-refractivity contribution in [2.24, 2.45) is 0 Å². The maximum absolute atomic E-state index is 14.3. The van der Waals surface area contributed by atoms with Crippen LogP contribution in [0, 0.1) is 29.1 Å². The zero-order chi connectivity index (χ0) is 21.5. The molecular weight excluding hydrogens is 407 g/mol. The van der Waals surface area contributed by atoms with Gasteiger partial charge in [-0.25, -0.2) is 13.2 Å². The SMILES string of the molecule is CC(C)c1cc(F)cc(C(C)C)c1Oc1c(F)c(F)c(S(=O)(=O)O)c(F)c1F. The summed E-state index contributed by atoms with van der Waals surface area (Å²) in [6.45, 7) is 6.56. The second-order valence-corrected chi connectivity index (χ2v) is 8.07. The van der Waals surface area contributed by atoms with Gasteiger partial charge in [-0.1, -0.05) is 27.7 Å². The second-order valence-electron chi connectivity index (χ2n) is 6.71. The fourth-order valence-electron chi connectivity index (χ4n) is 2.62. The fraction of sp³-hybridized carbons (Fsp3) is 0.333. The molecule has 0 unspecified atom stereocenters. The molecule has 0 spiro atoms. The van der Waals surface area contributed by atoms with Gasteiger partial charge >= 0.3 is 10.1 Å². The monoisotopic (exact) mass is 424 g/mol. The van der Waals surface area contributed by atoms with Crippen LogP contribution in [-0.4, -0.2) is 13.0 Å². The molecule has 0 radical (unpaired) electrons. The van der Waals surface area contributed by atoms with Crippen LogP contribution in [0.1, 0.15) is 50.7 Å². The molecule has 154 valence electrons. The van der Waals surface area contributed by atoms with E-state index in [2.05, 4.69) is 0 Å². The highest BCUT2D eigenvalue weighted by molar-refractivity contribution is 7.85. The largest absolute Gasteiger partial charge is 0.450 e. The Labute approximate surface area is 158 Å². The first kappa shape index (κ1) is 22.1. The molecule has 0 aliphatic carbocycles. The molecule has 2 aromatic rings. The molecule has 0 fully saturated rings. The summed E-state index contributed by atoms with van der Waals surface area (Å²) >= 11 is 0. The van der Waals surface area contributed by atoms with Gasteiger partial charge in [0.25, 0.3) is 0 Å². The van der Waals surface area contributed by atoms with E-state index < -0.39 is 49.8 Å². The van der Waals surface area contributed by atoms with Crippen LogP contribution in [0.15, 0.2) is 17.0 Å². The average Bonchev–Trinajstić information content (AvgIpc) is 2.56. The molecular formula is C18H17F5O4S. The van der Waals surface area contributed by atoms with Crippen molar-refractivity contribution in [1.29, 1.82) is 0 Å². The summed E-state index contributed by atoms with van der Waals surface area (Å²) in [7, 11) is -5.58. The molecule has 0 aliphatic rings. The lowest BCUT2D eigenvalue weighted by Gasteiger charge is -2.21. The van der Waals surface area contributed by atoms with Crippen LogP contribution in [0.25, 0.3) is 0 Å². The van der Waals surface area contributed by atoms with Crippen molar-refractivity contribution in [2.75, 3.05) is 0 Å². The Hall–Kier alpha value is -2.20. The third kappa shape index (κ3) is 3.97. The zero-order valence-electron chi connectivity index (χ0n) is 15.3. The summed E-state index contributed by atoms with van der Waals surface area (Å²) in [5, 5.41) is 0. The van der Waals surface area contributed by atoms with Crippen molar-refractivity contribution >= 4 is 10.1 Å². The normalized spacial score (nSPS) is 12.1. The van der Waals surface area contributed by atoms with Crippen LogP contribution in [0.3, 0.4) is 0 Å². The maximum atomic E-state index is 14.3. The fourth-order valence-corrected chi connectivity index (χ4v) is 3.25. The van der Waals surface area contributed by atoms with E-state index in [1.54, 1.807) is 27.7 Å². The molecule has 0 saturated carbocycles. The van der Waals surface area contributed by atoms with E-state index in [1.807, 2.05) is 0 Å². The van der Waals surface area contributed by atoms with Crippen molar-refractivity contribution in [2.45, 2.75) is 44.4 Å².